The third-order valence-corrected chi connectivity index (χ3v) is 3.53. The van der Waals surface area contributed by atoms with E-state index in [-0.39, 0.29) is 5.96 Å². The van der Waals surface area contributed by atoms with Crippen molar-refractivity contribution in [3.63, 3.8) is 0 Å². The van der Waals surface area contributed by atoms with Crippen LogP contribution in [0, 0.1) is 5.41 Å². The standard InChI is InChI=1S/C9H17N3/c10-8(11)12-7-3-6-9(7)4-1-2-5-9/h7H,1-6H2,(H4,10,11,12). The average molecular weight is 167 g/mol. The third kappa shape index (κ3) is 1.08. The molecule has 3 nitrogen and oxygen atoms in total. The van der Waals surface area contributed by atoms with E-state index in [1.165, 1.54) is 38.5 Å². The summed E-state index contributed by atoms with van der Waals surface area (Å²) in [6.45, 7) is 0. The van der Waals surface area contributed by atoms with Gasteiger partial charge >= 0.3 is 0 Å². The lowest BCUT2D eigenvalue weighted by molar-refractivity contribution is 0.104. The normalized spacial score (nSPS) is 31.5. The maximum Gasteiger partial charge on any atom is 0.186 e. The first-order valence-electron chi connectivity index (χ1n) is 4.82. The van der Waals surface area contributed by atoms with E-state index in [1.807, 2.05) is 0 Å². The molecule has 2 aliphatic carbocycles. The van der Waals surface area contributed by atoms with E-state index < -0.39 is 0 Å². The molecule has 1 unspecified atom stereocenters. The van der Waals surface area contributed by atoms with E-state index in [0.29, 0.717) is 11.5 Å². The zero-order valence-corrected chi connectivity index (χ0v) is 7.42. The molecule has 2 rings (SSSR count). The van der Waals surface area contributed by atoms with Crippen LogP contribution in [0.2, 0.25) is 0 Å². The monoisotopic (exact) mass is 167 g/mol. The van der Waals surface area contributed by atoms with Crippen molar-refractivity contribution in [3.05, 3.63) is 0 Å². The summed E-state index contributed by atoms with van der Waals surface area (Å²) >= 11 is 0. The molecule has 0 aromatic carbocycles. The van der Waals surface area contributed by atoms with Crippen LogP contribution in [-0.2, 0) is 0 Å². The highest BCUT2D eigenvalue weighted by Gasteiger charge is 2.48. The van der Waals surface area contributed by atoms with Crippen molar-refractivity contribution in [1.82, 2.24) is 0 Å². The van der Waals surface area contributed by atoms with Gasteiger partial charge in [0.15, 0.2) is 5.96 Å². The summed E-state index contributed by atoms with van der Waals surface area (Å²) in [4.78, 5) is 4.29. The smallest absolute Gasteiger partial charge is 0.186 e. The molecule has 0 aromatic heterocycles. The number of aliphatic imine (C=N–C) groups is 1. The molecule has 3 heteroatoms. The maximum atomic E-state index is 5.38. The van der Waals surface area contributed by atoms with E-state index >= 15 is 0 Å². The minimum Gasteiger partial charge on any atom is -0.370 e. The summed E-state index contributed by atoms with van der Waals surface area (Å²) in [5, 5.41) is 0. The Balaban J connectivity index is 2.04. The molecule has 0 aliphatic heterocycles. The van der Waals surface area contributed by atoms with Crippen molar-refractivity contribution in [2.75, 3.05) is 0 Å². The lowest BCUT2D eigenvalue weighted by Crippen LogP contribution is -2.43. The highest BCUT2D eigenvalue weighted by Crippen LogP contribution is 2.54. The number of rotatable bonds is 1. The second-order valence-electron chi connectivity index (χ2n) is 4.18. The van der Waals surface area contributed by atoms with Crippen LogP contribution in [0.25, 0.3) is 0 Å². The van der Waals surface area contributed by atoms with Crippen LogP contribution < -0.4 is 11.5 Å². The average Bonchev–Trinajstić information content (AvgIpc) is 2.48. The fourth-order valence-electron chi connectivity index (χ4n) is 2.73. The number of hydrogen-bond donors (Lipinski definition) is 2. The Morgan fingerprint density at radius 1 is 1.17 bits per heavy atom. The minimum atomic E-state index is 0.269. The zero-order chi connectivity index (χ0) is 8.60. The van der Waals surface area contributed by atoms with Crippen molar-refractivity contribution in [2.45, 2.75) is 44.6 Å². The van der Waals surface area contributed by atoms with E-state index in [0.717, 1.165) is 0 Å². The van der Waals surface area contributed by atoms with Gasteiger partial charge in [-0.2, -0.15) is 0 Å². The maximum absolute atomic E-state index is 5.38. The topological polar surface area (TPSA) is 64.4 Å². The Kier molecular flexibility index (Phi) is 1.74. The van der Waals surface area contributed by atoms with Gasteiger partial charge in [-0.15, -0.1) is 0 Å². The fraction of sp³-hybridized carbons (Fsp3) is 0.889. The summed E-state index contributed by atoms with van der Waals surface area (Å²) in [6.07, 6.45) is 7.96. The molecule has 0 radical (unpaired) electrons. The summed E-state index contributed by atoms with van der Waals surface area (Å²) in [7, 11) is 0. The lowest BCUT2D eigenvalue weighted by Gasteiger charge is -2.44. The number of nitrogens with two attached hydrogens (primary N) is 2. The van der Waals surface area contributed by atoms with Gasteiger partial charge in [0.1, 0.15) is 0 Å². The molecule has 0 bridgehead atoms. The highest BCUT2D eigenvalue weighted by molar-refractivity contribution is 5.76. The predicted octanol–water partition coefficient (Wildman–Crippen LogP) is 0.983. The van der Waals surface area contributed by atoms with Crippen molar-refractivity contribution in [1.29, 1.82) is 0 Å². The molecule has 2 aliphatic rings. The van der Waals surface area contributed by atoms with Gasteiger partial charge in [0, 0.05) is 0 Å². The Bertz CT molecular complexity index is 200. The molecule has 0 heterocycles. The second-order valence-corrected chi connectivity index (χ2v) is 4.18. The second kappa shape index (κ2) is 2.64. The van der Waals surface area contributed by atoms with Crippen molar-refractivity contribution < 1.29 is 0 Å². The Hall–Kier alpha value is -0.730. The number of hydrogen-bond acceptors (Lipinski definition) is 1. The Morgan fingerprint density at radius 2 is 1.83 bits per heavy atom. The van der Waals surface area contributed by atoms with Crippen LogP contribution in [0.4, 0.5) is 0 Å². The highest BCUT2D eigenvalue weighted by atomic mass is 15.0. The van der Waals surface area contributed by atoms with Gasteiger partial charge in [0.25, 0.3) is 0 Å². The predicted molar refractivity (Wildman–Crippen MR) is 49.7 cm³/mol. The van der Waals surface area contributed by atoms with Crippen LogP contribution in [0.15, 0.2) is 4.99 Å². The molecule has 2 saturated carbocycles. The van der Waals surface area contributed by atoms with Crippen LogP contribution in [-0.4, -0.2) is 12.0 Å². The van der Waals surface area contributed by atoms with E-state index in [9.17, 15) is 0 Å². The van der Waals surface area contributed by atoms with E-state index in [4.69, 9.17) is 11.5 Å². The molecule has 0 amide bonds. The van der Waals surface area contributed by atoms with E-state index in [2.05, 4.69) is 4.99 Å². The first-order valence-corrected chi connectivity index (χ1v) is 4.82. The summed E-state index contributed by atoms with van der Waals surface area (Å²) in [5.74, 6) is 0.269. The zero-order valence-electron chi connectivity index (χ0n) is 7.42. The van der Waals surface area contributed by atoms with Gasteiger partial charge in [0.2, 0.25) is 0 Å². The van der Waals surface area contributed by atoms with Crippen molar-refractivity contribution >= 4 is 5.96 Å². The Morgan fingerprint density at radius 3 is 2.25 bits per heavy atom. The van der Waals surface area contributed by atoms with Gasteiger partial charge in [0.05, 0.1) is 6.04 Å². The summed E-state index contributed by atoms with van der Waals surface area (Å²) < 4.78 is 0. The minimum absolute atomic E-state index is 0.269. The molecule has 68 valence electrons. The van der Waals surface area contributed by atoms with Crippen LogP contribution in [0.3, 0.4) is 0 Å². The third-order valence-electron chi connectivity index (χ3n) is 3.53. The molecule has 4 N–H and O–H groups in total. The Labute approximate surface area is 73.2 Å². The van der Waals surface area contributed by atoms with Crippen LogP contribution in [0.5, 0.6) is 0 Å². The molecule has 0 saturated heterocycles. The van der Waals surface area contributed by atoms with E-state index in [1.54, 1.807) is 0 Å². The molecule has 0 aromatic rings. The van der Waals surface area contributed by atoms with Crippen molar-refractivity contribution in [3.8, 4) is 0 Å². The lowest BCUT2D eigenvalue weighted by atomic mass is 9.63. The molecule has 2 fully saturated rings. The summed E-state index contributed by atoms with van der Waals surface area (Å²) in [6, 6.07) is 0.449. The van der Waals surface area contributed by atoms with Gasteiger partial charge in [-0.25, -0.2) is 4.99 Å². The van der Waals surface area contributed by atoms with Gasteiger partial charge in [-0.1, -0.05) is 12.8 Å². The number of guanidine groups is 1. The summed E-state index contributed by atoms with van der Waals surface area (Å²) in [5.41, 5.74) is 11.3. The molecular formula is C9H17N3. The van der Waals surface area contributed by atoms with Gasteiger partial charge in [-0.3, -0.25) is 0 Å². The molecule has 1 atom stereocenters. The number of nitrogens with zero attached hydrogens (tertiary/aromatic N) is 1. The van der Waals surface area contributed by atoms with Gasteiger partial charge in [-0.05, 0) is 31.1 Å². The fourth-order valence-corrected chi connectivity index (χ4v) is 2.73. The molecular weight excluding hydrogens is 150 g/mol. The molecule has 1 spiro atoms. The van der Waals surface area contributed by atoms with Crippen LogP contribution >= 0.6 is 0 Å². The van der Waals surface area contributed by atoms with Gasteiger partial charge < -0.3 is 11.5 Å². The van der Waals surface area contributed by atoms with Crippen LogP contribution in [0.1, 0.15) is 38.5 Å². The molecule has 12 heavy (non-hydrogen) atoms. The quantitative estimate of drug-likeness (QED) is 0.451. The largest absolute Gasteiger partial charge is 0.370 e. The SMILES string of the molecule is NC(N)=NC1CCC12CCCC2. The first-order chi connectivity index (χ1) is 5.73. The first kappa shape index (κ1) is 7.90. The van der Waals surface area contributed by atoms with Crippen molar-refractivity contribution in [2.24, 2.45) is 21.9 Å².